The highest BCUT2D eigenvalue weighted by Crippen LogP contribution is 2.56. The van der Waals surface area contributed by atoms with E-state index in [-0.39, 0.29) is 26.6 Å². The molecule has 1 aliphatic carbocycles. The molecule has 0 bridgehead atoms. The van der Waals surface area contributed by atoms with Gasteiger partial charge in [-0.3, -0.25) is 10.1 Å². The first-order valence-electron chi connectivity index (χ1n) is 11.2. The third-order valence-corrected chi connectivity index (χ3v) is 8.03. The lowest BCUT2D eigenvalue weighted by atomic mass is 9.62. The van der Waals surface area contributed by atoms with E-state index in [4.69, 9.17) is 27.9 Å². The molecule has 0 amide bonds. The van der Waals surface area contributed by atoms with Crippen LogP contribution in [0.4, 0.5) is 8.78 Å². The molecule has 4 nitrogen and oxygen atoms in total. The summed E-state index contributed by atoms with van der Waals surface area (Å²) in [5, 5.41) is 14.0. The van der Waals surface area contributed by atoms with Crippen molar-refractivity contribution in [2.75, 3.05) is 7.11 Å². The number of nitrogens with one attached hydrogen (secondary N) is 1. The zero-order valence-corrected chi connectivity index (χ0v) is 20.7. The Kier molecular flexibility index (Phi) is 6.67. The Morgan fingerprint density at radius 3 is 2.56 bits per heavy atom. The summed E-state index contributed by atoms with van der Waals surface area (Å²) >= 11 is 12.1. The number of carbonyl (C=O) groups excluding carboxylic acids is 1. The minimum atomic E-state index is -1.63. The highest BCUT2D eigenvalue weighted by Gasteiger charge is 2.62. The van der Waals surface area contributed by atoms with Gasteiger partial charge in [0.1, 0.15) is 23.1 Å². The molecule has 180 valence electrons. The number of nitrogens with zero attached hydrogens (tertiary/aromatic N) is 1. The van der Waals surface area contributed by atoms with Gasteiger partial charge in [0.15, 0.2) is 0 Å². The van der Waals surface area contributed by atoms with Crippen LogP contribution >= 0.6 is 23.2 Å². The molecule has 0 radical (unpaired) electrons. The Bertz CT molecular complexity index is 1160. The van der Waals surface area contributed by atoms with Gasteiger partial charge < -0.3 is 4.74 Å². The van der Waals surface area contributed by atoms with Gasteiger partial charge in [0, 0.05) is 22.5 Å². The first kappa shape index (κ1) is 24.9. The molecule has 0 spiro atoms. The normalized spacial score (nSPS) is 26.8. The minimum Gasteiger partial charge on any atom is -0.468 e. The van der Waals surface area contributed by atoms with Crippen molar-refractivity contribution < 1.29 is 18.3 Å². The van der Waals surface area contributed by atoms with Crippen molar-refractivity contribution in [1.29, 1.82) is 5.26 Å². The third-order valence-electron chi connectivity index (χ3n) is 7.50. The summed E-state index contributed by atoms with van der Waals surface area (Å²) in [7, 11) is 1.23. The molecule has 1 N–H and O–H groups in total. The van der Waals surface area contributed by atoms with Crippen LogP contribution in [0.3, 0.4) is 0 Å². The summed E-state index contributed by atoms with van der Waals surface area (Å²) in [4.78, 5) is 13.0. The van der Waals surface area contributed by atoms with Gasteiger partial charge in [-0.15, -0.1) is 0 Å². The maximum Gasteiger partial charge on any atom is 0.323 e. The van der Waals surface area contributed by atoms with E-state index in [0.29, 0.717) is 12.3 Å². The van der Waals surface area contributed by atoms with E-state index in [1.54, 1.807) is 6.07 Å². The quantitative estimate of drug-likeness (QED) is 0.476. The van der Waals surface area contributed by atoms with Crippen LogP contribution < -0.4 is 5.32 Å². The second kappa shape index (κ2) is 9.11. The molecule has 1 aliphatic heterocycles. The number of halogens is 4. The Hall–Kier alpha value is -2.20. The molecular weight excluding hydrogens is 481 g/mol. The van der Waals surface area contributed by atoms with E-state index in [2.05, 4.69) is 25.2 Å². The zero-order valence-electron chi connectivity index (χ0n) is 19.2. The molecule has 8 heteroatoms. The molecule has 1 heterocycles. The highest BCUT2D eigenvalue weighted by molar-refractivity contribution is 6.31. The van der Waals surface area contributed by atoms with E-state index in [1.807, 2.05) is 0 Å². The number of esters is 1. The van der Waals surface area contributed by atoms with Crippen molar-refractivity contribution in [1.82, 2.24) is 5.32 Å². The molecule has 2 aromatic rings. The molecule has 1 saturated heterocycles. The fourth-order valence-electron chi connectivity index (χ4n) is 5.61. The monoisotopic (exact) mass is 506 g/mol. The van der Waals surface area contributed by atoms with Crippen molar-refractivity contribution in [2.45, 2.75) is 56.5 Å². The maximum atomic E-state index is 15.5. The predicted molar refractivity (Wildman–Crippen MR) is 127 cm³/mol. The van der Waals surface area contributed by atoms with Gasteiger partial charge in [-0.25, -0.2) is 8.78 Å². The minimum absolute atomic E-state index is 0.0537. The van der Waals surface area contributed by atoms with E-state index in [9.17, 15) is 10.1 Å². The van der Waals surface area contributed by atoms with Crippen LogP contribution in [-0.4, -0.2) is 25.2 Å². The van der Waals surface area contributed by atoms with Gasteiger partial charge in [0.05, 0.1) is 18.2 Å². The molecule has 2 aliphatic rings. The first-order valence-corrected chi connectivity index (χ1v) is 12.0. The van der Waals surface area contributed by atoms with E-state index in [1.165, 1.54) is 31.4 Å². The summed E-state index contributed by atoms with van der Waals surface area (Å²) in [6, 6.07) is 9.08. The van der Waals surface area contributed by atoms with Crippen LogP contribution in [0.1, 0.15) is 50.2 Å². The van der Waals surface area contributed by atoms with Crippen molar-refractivity contribution in [3.05, 3.63) is 69.2 Å². The van der Waals surface area contributed by atoms with Crippen molar-refractivity contribution in [3.8, 4) is 6.07 Å². The van der Waals surface area contributed by atoms with Crippen LogP contribution in [0.15, 0.2) is 36.4 Å². The van der Waals surface area contributed by atoms with Crippen molar-refractivity contribution >= 4 is 29.2 Å². The number of rotatable bonds is 6. The number of ether oxygens (including phenoxy) is 1. The fourth-order valence-corrected chi connectivity index (χ4v) is 5.95. The molecular formula is C26H26Cl2F2N2O2. The van der Waals surface area contributed by atoms with Gasteiger partial charge in [-0.2, -0.15) is 5.26 Å². The fraction of sp³-hybridized carbons (Fsp3) is 0.462. The predicted octanol–water partition coefficient (Wildman–Crippen LogP) is 6.16. The standard InChI is InChI=1S/C26H26Cl2F2N2O2/c1-25(2,14-7-8-14)12-20-26(13-31,17-10-9-15(27)11-19(17)29)21(23(32-20)24(33)34-3)16-5-4-6-18(28)22(16)30/h4-6,9-11,14,20-21,23,32H,7-8,12H2,1-3H3/t20-,21-,23+,26-/m0/s1. The molecule has 4 atom stereocenters. The molecule has 34 heavy (non-hydrogen) atoms. The van der Waals surface area contributed by atoms with Crippen LogP contribution in [0.2, 0.25) is 10.0 Å². The smallest absolute Gasteiger partial charge is 0.323 e. The van der Waals surface area contributed by atoms with Crippen LogP contribution in [-0.2, 0) is 14.9 Å². The van der Waals surface area contributed by atoms with Crippen LogP contribution in [0, 0.1) is 34.3 Å². The Labute approximate surface area is 208 Å². The summed E-state index contributed by atoms with van der Waals surface area (Å²) in [5.74, 6) is -2.74. The summed E-state index contributed by atoms with van der Waals surface area (Å²) < 4.78 is 35.9. The Balaban J connectivity index is 1.99. The number of nitriles is 1. The molecule has 4 rings (SSSR count). The van der Waals surface area contributed by atoms with Crippen molar-refractivity contribution in [3.63, 3.8) is 0 Å². The molecule has 1 saturated carbocycles. The lowest BCUT2D eigenvalue weighted by molar-refractivity contribution is -0.143. The zero-order chi connectivity index (χ0) is 24.8. The van der Waals surface area contributed by atoms with Gasteiger partial charge >= 0.3 is 5.97 Å². The lowest BCUT2D eigenvalue weighted by Crippen LogP contribution is -2.45. The van der Waals surface area contributed by atoms with E-state index >= 15 is 8.78 Å². The molecule has 2 fully saturated rings. The van der Waals surface area contributed by atoms with Gasteiger partial charge in [0.25, 0.3) is 0 Å². The van der Waals surface area contributed by atoms with E-state index < -0.39 is 41.0 Å². The second-order valence-corrected chi connectivity index (χ2v) is 10.8. The first-order chi connectivity index (χ1) is 16.1. The van der Waals surface area contributed by atoms with Gasteiger partial charge in [0.2, 0.25) is 0 Å². The Morgan fingerprint density at radius 1 is 1.26 bits per heavy atom. The number of methoxy groups -OCH3 is 1. The Morgan fingerprint density at radius 2 is 1.97 bits per heavy atom. The maximum absolute atomic E-state index is 15.5. The SMILES string of the molecule is COC(=O)[C@@H]1N[C@@H](CC(C)(C)C2CC2)[C@](C#N)(c2ccc(Cl)cc2F)[C@H]1c1cccc(Cl)c1F. The average molecular weight is 507 g/mol. The molecule has 0 aromatic heterocycles. The largest absolute Gasteiger partial charge is 0.468 e. The summed E-state index contributed by atoms with van der Waals surface area (Å²) in [6.45, 7) is 4.21. The average Bonchev–Trinajstić information content (AvgIpc) is 3.60. The van der Waals surface area contributed by atoms with Crippen molar-refractivity contribution in [2.24, 2.45) is 11.3 Å². The number of hydrogen-bond acceptors (Lipinski definition) is 4. The van der Waals surface area contributed by atoms with Crippen LogP contribution in [0.25, 0.3) is 0 Å². The lowest BCUT2D eigenvalue weighted by Gasteiger charge is -2.38. The number of carbonyl (C=O) groups is 1. The third kappa shape index (κ3) is 4.08. The van der Waals surface area contributed by atoms with E-state index in [0.717, 1.165) is 18.9 Å². The number of benzene rings is 2. The highest BCUT2D eigenvalue weighted by atomic mass is 35.5. The van der Waals surface area contributed by atoms with Crippen LogP contribution in [0.5, 0.6) is 0 Å². The van der Waals surface area contributed by atoms with Gasteiger partial charge in [-0.1, -0.05) is 55.2 Å². The summed E-state index contributed by atoms with van der Waals surface area (Å²) in [6.07, 6.45) is 2.61. The van der Waals surface area contributed by atoms with Gasteiger partial charge in [-0.05, 0) is 54.4 Å². The second-order valence-electron chi connectivity index (χ2n) is 9.91. The molecule has 0 unspecified atom stereocenters. The topological polar surface area (TPSA) is 62.1 Å². The number of hydrogen-bond donors (Lipinski definition) is 1. The molecule has 2 aromatic carbocycles. The summed E-state index contributed by atoms with van der Waals surface area (Å²) in [5.41, 5.74) is -1.71.